The van der Waals surface area contributed by atoms with E-state index in [1.54, 1.807) is 6.07 Å². The van der Waals surface area contributed by atoms with Crippen LogP contribution in [0.2, 0.25) is 10.0 Å². The van der Waals surface area contributed by atoms with Gasteiger partial charge >= 0.3 is 5.97 Å². The summed E-state index contributed by atoms with van der Waals surface area (Å²) in [6.07, 6.45) is 1.03. The van der Waals surface area contributed by atoms with E-state index in [9.17, 15) is 19.1 Å². The molecule has 2 aromatic rings. The molecule has 2 N–H and O–H groups in total. The van der Waals surface area contributed by atoms with Crippen LogP contribution in [0.3, 0.4) is 0 Å². The van der Waals surface area contributed by atoms with E-state index in [4.69, 9.17) is 23.2 Å². The second-order valence-corrected chi connectivity index (χ2v) is 5.31. The normalized spacial score (nSPS) is 11.2. The number of carbonyl (C=O) groups excluding carboxylic acids is 1. The van der Waals surface area contributed by atoms with E-state index in [1.807, 2.05) is 0 Å². The van der Waals surface area contributed by atoms with Gasteiger partial charge in [-0.2, -0.15) is 0 Å². The second kappa shape index (κ2) is 7.26. The fourth-order valence-electron chi connectivity index (χ4n) is 1.76. The second-order valence-electron chi connectivity index (χ2n) is 4.46. The summed E-state index contributed by atoms with van der Waals surface area (Å²) in [6.45, 7) is 0. The predicted octanol–water partition coefficient (Wildman–Crippen LogP) is 3.99. The van der Waals surface area contributed by atoms with Gasteiger partial charge in [-0.1, -0.05) is 41.4 Å². The Morgan fingerprint density at radius 2 is 1.83 bits per heavy atom. The van der Waals surface area contributed by atoms with E-state index in [-0.39, 0.29) is 16.1 Å². The van der Waals surface area contributed by atoms with Crippen molar-refractivity contribution in [1.82, 2.24) is 5.32 Å². The highest BCUT2D eigenvalue weighted by molar-refractivity contribution is 6.36. The van der Waals surface area contributed by atoms with Gasteiger partial charge in [-0.15, -0.1) is 0 Å². The molecule has 118 valence electrons. The molecule has 0 fully saturated rings. The van der Waals surface area contributed by atoms with Gasteiger partial charge in [-0.25, -0.2) is 9.18 Å². The van der Waals surface area contributed by atoms with Crippen LogP contribution in [0.15, 0.2) is 48.2 Å². The number of amides is 1. The average Bonchev–Trinajstić information content (AvgIpc) is 2.48. The smallest absolute Gasteiger partial charge is 0.352 e. The molecule has 0 spiro atoms. The minimum atomic E-state index is -1.41. The van der Waals surface area contributed by atoms with E-state index >= 15 is 0 Å². The van der Waals surface area contributed by atoms with Crippen LogP contribution in [-0.2, 0) is 4.79 Å². The van der Waals surface area contributed by atoms with Gasteiger partial charge in [0.1, 0.15) is 11.5 Å². The molecule has 0 unspecified atom stereocenters. The van der Waals surface area contributed by atoms with Crippen LogP contribution in [0.25, 0.3) is 6.08 Å². The molecule has 0 aliphatic rings. The molecule has 0 aliphatic heterocycles. The third kappa shape index (κ3) is 4.31. The van der Waals surface area contributed by atoms with Crippen LogP contribution >= 0.6 is 23.2 Å². The molecule has 0 saturated heterocycles. The molecular weight excluding hydrogens is 344 g/mol. The number of benzene rings is 2. The number of halogens is 3. The van der Waals surface area contributed by atoms with Gasteiger partial charge in [0, 0.05) is 10.6 Å². The van der Waals surface area contributed by atoms with Gasteiger partial charge in [-0.3, -0.25) is 4.79 Å². The van der Waals surface area contributed by atoms with Crippen LogP contribution in [0.5, 0.6) is 0 Å². The quantitative estimate of drug-likeness (QED) is 0.816. The van der Waals surface area contributed by atoms with E-state index in [0.717, 1.165) is 6.08 Å². The molecule has 0 heterocycles. The van der Waals surface area contributed by atoms with Crippen LogP contribution in [0.1, 0.15) is 15.9 Å². The Kier molecular flexibility index (Phi) is 5.36. The summed E-state index contributed by atoms with van der Waals surface area (Å²) >= 11 is 11.6. The largest absolute Gasteiger partial charge is 0.477 e. The van der Waals surface area contributed by atoms with E-state index in [1.165, 1.54) is 36.4 Å². The zero-order valence-electron chi connectivity index (χ0n) is 11.5. The Balaban J connectivity index is 2.31. The first kappa shape index (κ1) is 17.0. The molecule has 2 aromatic carbocycles. The van der Waals surface area contributed by atoms with Crippen molar-refractivity contribution in [3.8, 4) is 0 Å². The number of hydrogen-bond donors (Lipinski definition) is 2. The molecule has 7 heteroatoms. The minimum absolute atomic E-state index is 0.0346. The topological polar surface area (TPSA) is 66.4 Å². The molecule has 0 aliphatic carbocycles. The highest BCUT2D eigenvalue weighted by atomic mass is 35.5. The lowest BCUT2D eigenvalue weighted by Gasteiger charge is -2.08. The van der Waals surface area contributed by atoms with Crippen LogP contribution in [0, 0.1) is 5.82 Å². The molecule has 4 nitrogen and oxygen atoms in total. The lowest BCUT2D eigenvalue weighted by molar-refractivity contribution is -0.132. The van der Waals surface area contributed by atoms with Crippen molar-refractivity contribution in [3.63, 3.8) is 0 Å². The van der Waals surface area contributed by atoms with Gasteiger partial charge in [0.15, 0.2) is 0 Å². The third-order valence-electron chi connectivity index (χ3n) is 2.86. The number of carboxylic acid groups (broad SMARTS) is 1. The molecule has 0 atom stereocenters. The van der Waals surface area contributed by atoms with Crippen molar-refractivity contribution in [3.05, 3.63) is 75.2 Å². The molecule has 0 aromatic heterocycles. The van der Waals surface area contributed by atoms with Crippen molar-refractivity contribution in [2.75, 3.05) is 0 Å². The predicted molar refractivity (Wildman–Crippen MR) is 85.9 cm³/mol. The van der Waals surface area contributed by atoms with Crippen LogP contribution < -0.4 is 5.32 Å². The third-order valence-corrected chi connectivity index (χ3v) is 3.41. The summed E-state index contributed by atoms with van der Waals surface area (Å²) in [5, 5.41) is 11.8. The van der Waals surface area contributed by atoms with E-state index < -0.39 is 23.4 Å². The van der Waals surface area contributed by atoms with Gasteiger partial charge in [0.05, 0.1) is 10.6 Å². The Morgan fingerprint density at radius 3 is 2.43 bits per heavy atom. The van der Waals surface area contributed by atoms with Crippen molar-refractivity contribution >= 4 is 41.2 Å². The fourth-order valence-corrected chi connectivity index (χ4v) is 2.26. The maximum Gasteiger partial charge on any atom is 0.352 e. The van der Waals surface area contributed by atoms with Crippen molar-refractivity contribution in [2.45, 2.75) is 0 Å². The highest BCUT2D eigenvalue weighted by Crippen LogP contribution is 2.21. The van der Waals surface area contributed by atoms with Gasteiger partial charge in [-0.05, 0) is 30.3 Å². The van der Waals surface area contributed by atoms with Gasteiger partial charge in [0.25, 0.3) is 5.91 Å². The Labute approximate surface area is 141 Å². The molecule has 0 saturated carbocycles. The summed E-state index contributed by atoms with van der Waals surface area (Å²) in [6, 6.07) is 9.76. The lowest BCUT2D eigenvalue weighted by atomic mass is 10.1. The molecule has 2 rings (SSSR count). The number of nitrogens with one attached hydrogen (secondary N) is 1. The maximum absolute atomic E-state index is 13.6. The summed E-state index contributed by atoms with van der Waals surface area (Å²) in [5.41, 5.74) is -0.393. The lowest BCUT2D eigenvalue weighted by Crippen LogP contribution is -2.27. The summed E-state index contributed by atoms with van der Waals surface area (Å²) < 4.78 is 13.6. The summed E-state index contributed by atoms with van der Waals surface area (Å²) in [5.74, 6) is -2.76. The maximum atomic E-state index is 13.6. The summed E-state index contributed by atoms with van der Waals surface area (Å²) in [7, 11) is 0. The molecule has 0 bridgehead atoms. The number of rotatable bonds is 4. The number of aliphatic carboxylic acids is 1. The number of hydrogen-bond acceptors (Lipinski definition) is 2. The van der Waals surface area contributed by atoms with Crippen molar-refractivity contribution in [1.29, 1.82) is 0 Å². The average molecular weight is 354 g/mol. The molecule has 23 heavy (non-hydrogen) atoms. The molecular formula is C16H10Cl2FNO3. The van der Waals surface area contributed by atoms with E-state index in [0.29, 0.717) is 5.02 Å². The van der Waals surface area contributed by atoms with E-state index in [2.05, 4.69) is 5.32 Å². The first-order chi connectivity index (χ1) is 10.9. The molecule has 0 radical (unpaired) electrons. The zero-order chi connectivity index (χ0) is 17.0. The SMILES string of the molecule is O=C(O)/C(=C\c1ccccc1F)NC(=O)c1ccc(Cl)cc1Cl. The molecule has 1 amide bonds. The van der Waals surface area contributed by atoms with Crippen molar-refractivity contribution in [2.24, 2.45) is 0 Å². The first-order valence-electron chi connectivity index (χ1n) is 6.34. The summed E-state index contributed by atoms with van der Waals surface area (Å²) in [4.78, 5) is 23.4. The fraction of sp³-hybridized carbons (Fsp3) is 0. The number of carboxylic acids is 1. The minimum Gasteiger partial charge on any atom is -0.477 e. The highest BCUT2D eigenvalue weighted by Gasteiger charge is 2.16. The van der Waals surface area contributed by atoms with Gasteiger partial charge in [0.2, 0.25) is 0 Å². The van der Waals surface area contributed by atoms with Crippen LogP contribution in [-0.4, -0.2) is 17.0 Å². The zero-order valence-corrected chi connectivity index (χ0v) is 13.0. The van der Waals surface area contributed by atoms with Crippen LogP contribution in [0.4, 0.5) is 4.39 Å². The van der Waals surface area contributed by atoms with Gasteiger partial charge < -0.3 is 10.4 Å². The Hall–Kier alpha value is -2.37. The first-order valence-corrected chi connectivity index (χ1v) is 7.10. The number of carbonyl (C=O) groups is 2. The Bertz CT molecular complexity index is 806. The van der Waals surface area contributed by atoms with Crippen molar-refractivity contribution < 1.29 is 19.1 Å². The Morgan fingerprint density at radius 1 is 1.13 bits per heavy atom. The monoisotopic (exact) mass is 353 g/mol. The standard InChI is InChI=1S/C16H10Cl2FNO3/c17-10-5-6-11(12(18)8-10)15(21)20-14(16(22)23)7-9-3-1-2-4-13(9)19/h1-8H,(H,20,21)(H,22,23)/b14-7+.